The van der Waals surface area contributed by atoms with Crippen LogP contribution in [0.5, 0.6) is 0 Å². The van der Waals surface area contributed by atoms with Crippen LogP contribution < -0.4 is 10.6 Å². The number of hydrogen-bond donors (Lipinski definition) is 2. The molecule has 2 heterocycles. The van der Waals surface area contributed by atoms with E-state index in [1.165, 1.54) is 66.2 Å². The fourth-order valence-electron chi connectivity index (χ4n) is 6.48. The summed E-state index contributed by atoms with van der Waals surface area (Å²) in [6.45, 7) is 0. The average molecular weight is 946 g/mol. The Balaban J connectivity index is 0.000000220. The van der Waals surface area contributed by atoms with E-state index in [-0.39, 0.29) is 41.3 Å². The van der Waals surface area contributed by atoms with Crippen molar-refractivity contribution < 1.29 is 36.4 Å². The summed E-state index contributed by atoms with van der Waals surface area (Å²) in [5, 5.41) is 5.53. The lowest BCUT2D eigenvalue weighted by Crippen LogP contribution is -2.43. The molecule has 0 aliphatic heterocycles. The Labute approximate surface area is 390 Å². The Bertz CT molecular complexity index is 2810. The van der Waals surface area contributed by atoms with Gasteiger partial charge < -0.3 is 10.6 Å². The van der Waals surface area contributed by atoms with Gasteiger partial charge in [-0.3, -0.25) is 29.1 Å². The van der Waals surface area contributed by atoms with Crippen molar-refractivity contribution in [3.8, 4) is 0 Å². The van der Waals surface area contributed by atoms with Crippen molar-refractivity contribution in [3.63, 3.8) is 0 Å². The van der Waals surface area contributed by atoms with Crippen LogP contribution in [-0.2, 0) is 50.1 Å². The van der Waals surface area contributed by atoms with Crippen molar-refractivity contribution in [2.24, 2.45) is 0 Å². The number of benzene rings is 5. The van der Waals surface area contributed by atoms with Gasteiger partial charge in [0.15, 0.2) is 11.6 Å². The SMILES string of the molecule is O=C(N[C@@H](Cc1ccccc1)C(=O)Cc1ccc(S(=O)(=O)Cl)cn1)c1ccc(F)cc1.O=C(N[C@@H](Cc1ccccc1)C(=O)Cc1ccc(SCc2ccccc2)cn1)c1ccc(F)cc1. The third-order valence-electron chi connectivity index (χ3n) is 10.0. The molecule has 336 valence electrons. The quantitative estimate of drug-likeness (QED) is 0.0635. The number of nitrogens with one attached hydrogen (secondary N) is 2. The molecule has 0 saturated heterocycles. The molecule has 15 heteroatoms. The number of carbonyl (C=O) groups is 4. The first-order valence-electron chi connectivity index (χ1n) is 20.6. The average Bonchev–Trinajstić information content (AvgIpc) is 3.32. The predicted octanol–water partition coefficient (Wildman–Crippen LogP) is 8.97. The van der Waals surface area contributed by atoms with Gasteiger partial charge in [-0.25, -0.2) is 17.2 Å². The van der Waals surface area contributed by atoms with E-state index in [1.54, 1.807) is 18.0 Å². The lowest BCUT2D eigenvalue weighted by atomic mass is 9.99. The van der Waals surface area contributed by atoms with E-state index in [4.69, 9.17) is 10.7 Å². The molecule has 2 N–H and O–H groups in total. The molecule has 2 aromatic heterocycles. The van der Waals surface area contributed by atoms with Gasteiger partial charge in [-0.1, -0.05) is 91.0 Å². The van der Waals surface area contributed by atoms with Crippen LogP contribution in [0.25, 0.3) is 0 Å². The summed E-state index contributed by atoms with van der Waals surface area (Å²) >= 11 is 1.69. The highest BCUT2D eigenvalue weighted by Gasteiger charge is 2.24. The van der Waals surface area contributed by atoms with Gasteiger partial charge in [0.05, 0.1) is 24.9 Å². The fraction of sp³-hybridized carbons (Fsp3) is 0.137. The van der Waals surface area contributed by atoms with E-state index in [0.29, 0.717) is 23.4 Å². The van der Waals surface area contributed by atoms with Crippen molar-refractivity contribution in [2.45, 2.75) is 53.3 Å². The Morgan fingerprint density at radius 1 is 0.530 bits per heavy atom. The fourth-order valence-corrected chi connectivity index (χ4v) is 7.98. The van der Waals surface area contributed by atoms with Crippen LogP contribution >= 0.6 is 22.4 Å². The van der Waals surface area contributed by atoms with E-state index in [2.05, 4.69) is 32.7 Å². The van der Waals surface area contributed by atoms with Gasteiger partial charge in [-0.2, -0.15) is 0 Å². The Morgan fingerprint density at radius 2 is 0.939 bits per heavy atom. The van der Waals surface area contributed by atoms with Crippen molar-refractivity contribution >= 4 is 54.9 Å². The standard InChI is InChI=1S/C29H25FN2O2S.C22H18ClFN2O4S/c30-24-13-11-23(12-14-24)29(34)32-27(17-21-7-3-1-4-8-21)28(33)18-25-15-16-26(19-31-25)35-20-22-9-5-2-6-10-22;23-31(29,30)19-11-10-18(25-14-19)13-21(27)20(12-15-4-2-1-3-5-15)26-22(28)16-6-8-17(24)9-7-16/h1-16,19,27H,17-18,20H2,(H,32,34);1-11,14,20H,12-13H2,(H,26,28)/t27-;20-/m00/s1. The molecule has 7 rings (SSSR count). The van der Waals surface area contributed by atoms with E-state index in [0.717, 1.165) is 28.0 Å². The molecule has 0 aliphatic carbocycles. The van der Waals surface area contributed by atoms with Gasteiger partial charge in [-0.05, 0) is 102 Å². The number of pyridine rings is 2. The maximum atomic E-state index is 13.2. The second kappa shape index (κ2) is 23.9. The van der Waals surface area contributed by atoms with Crippen LogP contribution in [0.1, 0.15) is 48.8 Å². The van der Waals surface area contributed by atoms with E-state index in [9.17, 15) is 36.4 Å². The van der Waals surface area contributed by atoms with Gasteiger partial charge in [0.2, 0.25) is 0 Å². The van der Waals surface area contributed by atoms with E-state index < -0.39 is 44.6 Å². The van der Waals surface area contributed by atoms with Crippen LogP contribution in [0, 0.1) is 11.6 Å². The number of rotatable bonds is 18. The summed E-state index contributed by atoms with van der Waals surface area (Å²) in [5.41, 5.74) is 4.52. The number of ketones is 2. The Morgan fingerprint density at radius 3 is 1.32 bits per heavy atom. The maximum absolute atomic E-state index is 13.2. The highest BCUT2D eigenvalue weighted by molar-refractivity contribution is 8.13. The normalized spacial score (nSPS) is 11.9. The molecule has 0 fully saturated rings. The van der Waals surface area contributed by atoms with Gasteiger partial charge in [0.25, 0.3) is 20.9 Å². The molecular weight excluding hydrogens is 902 g/mol. The molecule has 0 spiro atoms. The lowest BCUT2D eigenvalue weighted by Gasteiger charge is -2.18. The number of thioether (sulfide) groups is 1. The smallest absolute Gasteiger partial charge is 0.262 e. The summed E-state index contributed by atoms with van der Waals surface area (Å²) < 4.78 is 49.1. The largest absolute Gasteiger partial charge is 0.342 e. The molecule has 7 aromatic rings. The highest BCUT2D eigenvalue weighted by Crippen LogP contribution is 2.22. The van der Waals surface area contributed by atoms with Crippen molar-refractivity contribution in [3.05, 3.63) is 227 Å². The van der Waals surface area contributed by atoms with Crippen LogP contribution in [0.3, 0.4) is 0 Å². The summed E-state index contributed by atoms with van der Waals surface area (Å²) in [6, 6.07) is 44.0. The van der Waals surface area contributed by atoms with Crippen molar-refractivity contribution in [1.29, 1.82) is 0 Å². The molecule has 2 atom stereocenters. The first-order valence-corrected chi connectivity index (χ1v) is 23.9. The zero-order valence-corrected chi connectivity index (χ0v) is 37.6. The molecule has 10 nitrogen and oxygen atoms in total. The first kappa shape index (κ1) is 48.6. The molecule has 66 heavy (non-hydrogen) atoms. The summed E-state index contributed by atoms with van der Waals surface area (Å²) in [7, 11) is 1.36. The van der Waals surface area contributed by atoms with E-state index >= 15 is 0 Å². The lowest BCUT2D eigenvalue weighted by molar-refractivity contribution is -0.121. The Hall–Kier alpha value is -6.87. The van der Waals surface area contributed by atoms with Crippen LogP contribution in [-0.4, -0.2) is 53.9 Å². The van der Waals surface area contributed by atoms with Crippen molar-refractivity contribution in [1.82, 2.24) is 20.6 Å². The van der Waals surface area contributed by atoms with Gasteiger partial charge in [-0.15, -0.1) is 11.8 Å². The molecular formula is C51H43ClF2N4O6S2. The Kier molecular flexibility index (Phi) is 17.6. The summed E-state index contributed by atoms with van der Waals surface area (Å²) in [6.07, 6.45) is 3.45. The zero-order valence-electron chi connectivity index (χ0n) is 35.2. The van der Waals surface area contributed by atoms with Gasteiger partial charge in [0, 0.05) is 56.2 Å². The number of Topliss-reactive ketones (excluding diaryl/α,β-unsaturated/α-hetero) is 2. The minimum Gasteiger partial charge on any atom is -0.342 e. The maximum Gasteiger partial charge on any atom is 0.262 e. The van der Waals surface area contributed by atoms with E-state index in [1.807, 2.05) is 91.0 Å². The highest BCUT2D eigenvalue weighted by atomic mass is 35.7. The molecule has 0 bridgehead atoms. The minimum atomic E-state index is -3.91. The minimum absolute atomic E-state index is 0.102. The predicted molar refractivity (Wildman–Crippen MR) is 251 cm³/mol. The summed E-state index contributed by atoms with van der Waals surface area (Å²) in [4.78, 5) is 60.8. The number of nitrogens with zero attached hydrogens (tertiary/aromatic N) is 2. The molecule has 5 aromatic carbocycles. The number of hydrogen-bond acceptors (Lipinski definition) is 9. The van der Waals surface area contributed by atoms with Crippen LogP contribution in [0.2, 0.25) is 0 Å². The molecule has 0 unspecified atom stereocenters. The number of amides is 2. The van der Waals surface area contributed by atoms with Crippen molar-refractivity contribution in [2.75, 3.05) is 0 Å². The second-order valence-corrected chi connectivity index (χ2v) is 18.5. The monoisotopic (exact) mass is 944 g/mol. The number of aromatic nitrogens is 2. The van der Waals surface area contributed by atoms with Gasteiger partial charge in [0.1, 0.15) is 16.5 Å². The topological polar surface area (TPSA) is 152 Å². The number of carbonyl (C=O) groups excluding carboxylic acids is 4. The molecule has 0 saturated carbocycles. The number of halogens is 3. The summed E-state index contributed by atoms with van der Waals surface area (Å²) in [5.74, 6) is -1.42. The second-order valence-electron chi connectivity index (χ2n) is 14.9. The molecule has 0 radical (unpaired) electrons. The van der Waals surface area contributed by atoms with Gasteiger partial charge >= 0.3 is 0 Å². The zero-order chi connectivity index (χ0) is 46.9. The molecule has 2 amide bonds. The molecule has 0 aliphatic rings. The van der Waals surface area contributed by atoms with Crippen LogP contribution in [0.15, 0.2) is 186 Å². The van der Waals surface area contributed by atoms with Crippen LogP contribution in [0.4, 0.5) is 8.78 Å². The third kappa shape index (κ3) is 15.4. The third-order valence-corrected chi connectivity index (χ3v) is 12.4. The first-order chi connectivity index (χ1) is 31.8.